The Labute approximate surface area is 84.7 Å². The molecule has 0 aromatic carbocycles. The molecule has 0 saturated carbocycles. The number of likely N-dealkylation sites (N-methyl/N-ethyl adjacent to an activating group) is 1. The highest BCUT2D eigenvalue weighted by molar-refractivity contribution is 5.82. The molecule has 8 heteroatoms. The molecule has 0 bridgehead atoms. The van der Waals surface area contributed by atoms with Gasteiger partial charge < -0.3 is 4.74 Å². The van der Waals surface area contributed by atoms with Crippen LogP contribution in [0.5, 0.6) is 0 Å². The van der Waals surface area contributed by atoms with Gasteiger partial charge in [0.2, 0.25) is 5.79 Å². The second-order valence-electron chi connectivity index (χ2n) is 2.52. The van der Waals surface area contributed by atoms with Crippen LogP contribution in [-0.4, -0.2) is 30.5 Å². The third kappa shape index (κ3) is 3.86. The lowest BCUT2D eigenvalue weighted by Crippen LogP contribution is -2.58. The van der Waals surface area contributed by atoms with E-state index < -0.39 is 11.8 Å². The third-order valence-electron chi connectivity index (χ3n) is 1.52. The van der Waals surface area contributed by atoms with Crippen LogP contribution in [0.15, 0.2) is 12.2 Å². The van der Waals surface area contributed by atoms with E-state index in [9.17, 15) is 18.2 Å². The van der Waals surface area contributed by atoms with Gasteiger partial charge in [-0.25, -0.2) is 4.79 Å². The van der Waals surface area contributed by atoms with Crippen LogP contribution in [0.2, 0.25) is 0 Å². The van der Waals surface area contributed by atoms with Crippen molar-refractivity contribution in [3.63, 3.8) is 0 Å². The summed E-state index contributed by atoms with van der Waals surface area (Å²) in [6, 6.07) is 0. The maximum Gasteiger partial charge on any atom is 0.330 e. The number of esters is 1. The zero-order valence-corrected chi connectivity index (χ0v) is 8.26. The first-order valence-electron chi connectivity index (χ1n) is 4.03. The van der Waals surface area contributed by atoms with Gasteiger partial charge >= 0.3 is 5.97 Å². The number of nitrogens with zero attached hydrogens (tertiary/aromatic N) is 1. The molecule has 0 fully saturated rings. The summed E-state index contributed by atoms with van der Waals surface area (Å²) in [7, 11) is 0.759. The third-order valence-corrected chi connectivity index (χ3v) is 1.52. The van der Waals surface area contributed by atoms with Crippen LogP contribution in [0.25, 0.3) is 0 Å². The normalized spacial score (nSPS) is 12.4. The van der Waals surface area contributed by atoms with Crippen molar-refractivity contribution >= 4 is 5.97 Å². The number of carbonyl (C=O) groups excluding carboxylic acids is 1. The Morgan fingerprint density at radius 3 is 2.40 bits per heavy atom. The van der Waals surface area contributed by atoms with Gasteiger partial charge in [0, 0.05) is 13.1 Å². The molecule has 0 aliphatic carbocycles. The highest BCUT2D eigenvalue weighted by Crippen LogP contribution is 2.09. The van der Waals surface area contributed by atoms with E-state index in [-0.39, 0.29) is 11.7 Å². The van der Waals surface area contributed by atoms with Crippen LogP contribution in [-0.2, 0) is 9.53 Å². The summed E-state index contributed by atoms with van der Waals surface area (Å²) < 4.78 is 41.4. The van der Waals surface area contributed by atoms with Gasteiger partial charge in [-0.1, -0.05) is 0 Å². The van der Waals surface area contributed by atoms with Crippen LogP contribution < -0.4 is 11.1 Å². The molecule has 15 heavy (non-hydrogen) atoms. The Balaban J connectivity index is 4.60. The largest absolute Gasteiger partial charge is 0.463 e. The van der Waals surface area contributed by atoms with Crippen molar-refractivity contribution in [3.05, 3.63) is 12.2 Å². The van der Waals surface area contributed by atoms with Gasteiger partial charge in [0.05, 0.1) is 6.61 Å². The smallest absolute Gasteiger partial charge is 0.330 e. The van der Waals surface area contributed by atoms with E-state index in [0.29, 0.717) is 12.2 Å². The zero-order chi connectivity index (χ0) is 11.9. The lowest BCUT2D eigenvalue weighted by Gasteiger charge is -2.27. The Bertz CT molecular complexity index is 232. The molecule has 5 nitrogen and oxygen atoms in total. The van der Waals surface area contributed by atoms with Crippen molar-refractivity contribution in [1.29, 1.82) is 0 Å². The maximum atomic E-state index is 12.7. The first-order valence-corrected chi connectivity index (χ1v) is 4.03. The quantitative estimate of drug-likeness (QED) is 0.300. The van der Waals surface area contributed by atoms with Crippen molar-refractivity contribution < 1.29 is 23.0 Å². The summed E-state index contributed by atoms with van der Waals surface area (Å²) in [5.41, 5.74) is 1.66. The molecule has 0 atom stereocenters. The molecule has 0 aliphatic heterocycles. The molecule has 0 radical (unpaired) electrons. The van der Waals surface area contributed by atoms with Crippen molar-refractivity contribution in [2.24, 2.45) is 0 Å². The Kier molecular flexibility index (Phi) is 5.90. The Hall–Kier alpha value is -1.12. The van der Waals surface area contributed by atoms with E-state index >= 15 is 0 Å². The van der Waals surface area contributed by atoms with E-state index in [2.05, 4.69) is 4.74 Å². The SMILES string of the molecule is CCOC(=O)/C=C/C(NF)(NF)N(C)F. The molecule has 0 rings (SSSR count). The highest BCUT2D eigenvalue weighted by Gasteiger charge is 2.33. The molecular formula is C7H12F3N3O2. The van der Waals surface area contributed by atoms with Crippen molar-refractivity contribution in [2.45, 2.75) is 12.7 Å². The van der Waals surface area contributed by atoms with E-state index in [0.717, 1.165) is 18.1 Å². The monoisotopic (exact) mass is 227 g/mol. The lowest BCUT2D eigenvalue weighted by atomic mass is 10.3. The molecule has 0 spiro atoms. The minimum absolute atomic E-state index is 0.105. The van der Waals surface area contributed by atoms with Crippen molar-refractivity contribution in [3.8, 4) is 0 Å². The summed E-state index contributed by atoms with van der Waals surface area (Å²) in [6.07, 6.45) is 1.30. The van der Waals surface area contributed by atoms with Crippen LogP contribution in [0, 0.1) is 0 Å². The lowest BCUT2D eigenvalue weighted by molar-refractivity contribution is -0.138. The van der Waals surface area contributed by atoms with Crippen molar-refractivity contribution in [2.75, 3.05) is 13.7 Å². The average Bonchev–Trinajstić information content (AvgIpc) is 2.20. The summed E-state index contributed by atoms with van der Waals surface area (Å²) in [5, 5.41) is -0.331. The Morgan fingerprint density at radius 1 is 1.53 bits per heavy atom. The van der Waals surface area contributed by atoms with Crippen molar-refractivity contribution in [1.82, 2.24) is 16.2 Å². The summed E-state index contributed by atoms with van der Waals surface area (Å²) in [6.45, 7) is 1.66. The maximum absolute atomic E-state index is 12.7. The number of ether oxygens (including phenoxy) is 1. The number of rotatable bonds is 6. The number of hydrogen-bond acceptors (Lipinski definition) is 5. The van der Waals surface area contributed by atoms with Gasteiger partial charge in [-0.15, -0.1) is 29.6 Å². The van der Waals surface area contributed by atoms with Gasteiger partial charge in [0.1, 0.15) is 0 Å². The second-order valence-corrected chi connectivity index (χ2v) is 2.52. The van der Waals surface area contributed by atoms with E-state index in [1.165, 1.54) is 0 Å². The number of nitrogens with one attached hydrogen (secondary N) is 2. The zero-order valence-electron chi connectivity index (χ0n) is 8.26. The Morgan fingerprint density at radius 2 is 2.07 bits per heavy atom. The summed E-state index contributed by atoms with van der Waals surface area (Å²) >= 11 is 0. The molecule has 0 unspecified atom stereocenters. The van der Waals surface area contributed by atoms with Gasteiger partial charge in [0.25, 0.3) is 0 Å². The van der Waals surface area contributed by atoms with E-state index in [1.807, 2.05) is 0 Å². The fourth-order valence-corrected chi connectivity index (χ4v) is 0.679. The van der Waals surface area contributed by atoms with Gasteiger partial charge in [-0.05, 0) is 13.0 Å². The van der Waals surface area contributed by atoms with E-state index in [1.54, 1.807) is 6.92 Å². The minimum Gasteiger partial charge on any atom is -0.463 e. The second kappa shape index (κ2) is 6.38. The molecule has 2 N–H and O–H groups in total. The fourth-order valence-electron chi connectivity index (χ4n) is 0.679. The highest BCUT2D eigenvalue weighted by atomic mass is 19.2. The number of hydrogen-bond donors (Lipinski definition) is 2. The van der Waals surface area contributed by atoms with Crippen LogP contribution in [0.4, 0.5) is 13.4 Å². The molecule has 0 aliphatic rings. The molecule has 88 valence electrons. The van der Waals surface area contributed by atoms with Crippen LogP contribution in [0.1, 0.15) is 6.92 Å². The minimum atomic E-state index is -2.53. The first kappa shape index (κ1) is 13.9. The fraction of sp³-hybridized carbons (Fsp3) is 0.571. The molecule has 0 heterocycles. The number of carbonyl (C=O) groups is 1. The van der Waals surface area contributed by atoms with Gasteiger partial charge in [0.15, 0.2) is 0 Å². The number of halogens is 3. The van der Waals surface area contributed by atoms with Crippen LogP contribution >= 0.6 is 0 Å². The molecule has 0 aromatic heterocycles. The summed E-state index contributed by atoms with van der Waals surface area (Å²) in [4.78, 5) is 10.8. The molecule has 0 aromatic rings. The predicted octanol–water partition coefficient (Wildman–Crippen LogP) is 0.524. The molecule has 0 amide bonds. The predicted molar refractivity (Wildman–Crippen MR) is 45.9 cm³/mol. The molecular weight excluding hydrogens is 215 g/mol. The van der Waals surface area contributed by atoms with Gasteiger partial charge in [-0.3, -0.25) is 0 Å². The summed E-state index contributed by atoms with van der Waals surface area (Å²) in [5.74, 6) is -3.37. The van der Waals surface area contributed by atoms with Crippen LogP contribution in [0.3, 0.4) is 0 Å². The first-order chi connectivity index (χ1) is 7.02. The van der Waals surface area contributed by atoms with E-state index in [4.69, 9.17) is 0 Å². The topological polar surface area (TPSA) is 53.6 Å². The van der Waals surface area contributed by atoms with Gasteiger partial charge in [-0.2, -0.15) is 0 Å². The standard InChI is InChI=1S/C7H12F3N3O2/c1-3-15-6(14)4-5-7(11-8,12-9)13(2)10/h4-5,11-12H,3H2,1-2H3/b5-4+. The average molecular weight is 227 g/mol. The molecule has 0 saturated heterocycles.